The van der Waals surface area contributed by atoms with E-state index in [4.69, 9.17) is 0 Å². The van der Waals surface area contributed by atoms with E-state index in [9.17, 15) is 14.4 Å². The van der Waals surface area contributed by atoms with E-state index in [0.29, 0.717) is 29.6 Å². The van der Waals surface area contributed by atoms with Crippen LogP contribution in [0.3, 0.4) is 0 Å². The van der Waals surface area contributed by atoms with Crippen molar-refractivity contribution in [3.63, 3.8) is 0 Å². The van der Waals surface area contributed by atoms with Crippen LogP contribution in [0.15, 0.2) is 58.1 Å². The van der Waals surface area contributed by atoms with Gasteiger partial charge in [-0.2, -0.15) is 0 Å². The number of aryl methyl sites for hydroxylation is 1. The molecular weight excluding hydrogens is 318 g/mol. The Morgan fingerprint density at radius 1 is 1.12 bits per heavy atom. The number of amides is 1. The fourth-order valence-corrected chi connectivity index (χ4v) is 2.82. The molecule has 128 valence electrons. The molecule has 2 aromatic carbocycles. The highest BCUT2D eigenvalue weighted by Crippen LogP contribution is 2.13. The highest BCUT2D eigenvalue weighted by molar-refractivity contribution is 5.91. The van der Waals surface area contributed by atoms with Crippen LogP contribution in [-0.2, 0) is 17.8 Å². The van der Waals surface area contributed by atoms with Crippen molar-refractivity contribution in [1.82, 2.24) is 9.55 Å². The van der Waals surface area contributed by atoms with Gasteiger partial charge in [0.2, 0.25) is 5.91 Å². The Balaban J connectivity index is 1.88. The number of nitrogens with one attached hydrogen (secondary N) is 2. The molecule has 1 aromatic heterocycles. The van der Waals surface area contributed by atoms with Gasteiger partial charge >= 0.3 is 5.69 Å². The molecule has 3 aromatic rings. The van der Waals surface area contributed by atoms with Crippen LogP contribution in [0.5, 0.6) is 0 Å². The number of carbonyl (C=O) groups is 1. The molecule has 0 bridgehead atoms. The van der Waals surface area contributed by atoms with E-state index in [1.165, 1.54) is 17.1 Å². The maximum absolute atomic E-state index is 12.7. The van der Waals surface area contributed by atoms with Crippen LogP contribution >= 0.6 is 0 Å². The first-order valence-electron chi connectivity index (χ1n) is 8.13. The zero-order valence-electron chi connectivity index (χ0n) is 13.9. The van der Waals surface area contributed by atoms with Gasteiger partial charge in [0.1, 0.15) is 0 Å². The number of fused-ring (bicyclic) bond motifs is 1. The van der Waals surface area contributed by atoms with E-state index < -0.39 is 5.69 Å². The van der Waals surface area contributed by atoms with E-state index in [2.05, 4.69) is 10.3 Å². The van der Waals surface area contributed by atoms with Crippen LogP contribution in [0.25, 0.3) is 10.9 Å². The first kappa shape index (κ1) is 16.7. The molecule has 0 fully saturated rings. The summed E-state index contributed by atoms with van der Waals surface area (Å²) in [6.07, 6.45) is 1.47. The number of hydrogen-bond acceptors (Lipinski definition) is 3. The smallest absolute Gasteiger partial charge is 0.326 e. The van der Waals surface area contributed by atoms with Gasteiger partial charge in [-0.25, -0.2) is 4.79 Å². The number of rotatable bonds is 5. The summed E-state index contributed by atoms with van der Waals surface area (Å²) < 4.78 is 1.21. The average Bonchev–Trinajstić information content (AvgIpc) is 2.59. The van der Waals surface area contributed by atoms with Crippen LogP contribution in [0, 0.1) is 0 Å². The Morgan fingerprint density at radius 2 is 1.88 bits per heavy atom. The molecule has 0 aliphatic rings. The molecule has 6 heteroatoms. The molecule has 1 heterocycles. The monoisotopic (exact) mass is 337 g/mol. The molecule has 0 spiro atoms. The van der Waals surface area contributed by atoms with E-state index in [-0.39, 0.29) is 11.5 Å². The summed E-state index contributed by atoms with van der Waals surface area (Å²) in [4.78, 5) is 38.8. The number of carbonyl (C=O) groups excluding carboxylic acids is 1. The number of anilines is 1. The molecule has 1 amide bonds. The predicted molar refractivity (Wildman–Crippen MR) is 97.9 cm³/mol. The van der Waals surface area contributed by atoms with Crippen molar-refractivity contribution in [2.45, 2.75) is 26.3 Å². The van der Waals surface area contributed by atoms with E-state index >= 15 is 0 Å². The predicted octanol–water partition coefficient (Wildman–Crippen LogP) is 2.28. The minimum absolute atomic E-state index is 0.216. The first-order valence-corrected chi connectivity index (χ1v) is 8.13. The number of H-pyrrole nitrogens is 1. The van der Waals surface area contributed by atoms with Crippen molar-refractivity contribution in [2.75, 3.05) is 5.32 Å². The molecule has 0 saturated heterocycles. The lowest BCUT2D eigenvalue weighted by molar-refractivity contribution is -0.114. The number of nitrogens with zero attached hydrogens (tertiary/aromatic N) is 1. The SMILES string of the molecule is CC(=O)Nc1ccc2[nH]c(=O)n(CCCc3ccccc3)c(=O)c2c1. The minimum Gasteiger partial charge on any atom is -0.326 e. The Morgan fingerprint density at radius 3 is 2.60 bits per heavy atom. The summed E-state index contributed by atoms with van der Waals surface area (Å²) in [6.45, 7) is 1.74. The summed E-state index contributed by atoms with van der Waals surface area (Å²) in [6, 6.07) is 14.8. The molecule has 0 aliphatic heterocycles. The quantitative estimate of drug-likeness (QED) is 0.749. The van der Waals surface area contributed by atoms with Crippen molar-refractivity contribution < 1.29 is 4.79 Å². The van der Waals surface area contributed by atoms with Crippen LogP contribution in [0.1, 0.15) is 18.9 Å². The van der Waals surface area contributed by atoms with Crippen molar-refractivity contribution in [1.29, 1.82) is 0 Å². The number of aromatic amines is 1. The largest absolute Gasteiger partial charge is 0.328 e. The first-order chi connectivity index (χ1) is 12.0. The highest BCUT2D eigenvalue weighted by Gasteiger charge is 2.09. The van der Waals surface area contributed by atoms with Gasteiger partial charge in [-0.3, -0.25) is 14.2 Å². The summed E-state index contributed by atoms with van der Waals surface area (Å²) in [5.74, 6) is -0.216. The van der Waals surface area contributed by atoms with Gasteiger partial charge in [0.25, 0.3) is 5.56 Å². The Labute approximate surface area is 144 Å². The molecule has 6 nitrogen and oxygen atoms in total. The maximum atomic E-state index is 12.7. The standard InChI is InChI=1S/C19H19N3O3/c1-13(23)20-15-9-10-17-16(12-15)18(24)22(19(25)21-17)11-5-8-14-6-3-2-4-7-14/h2-4,6-7,9-10,12H,5,8,11H2,1H3,(H,20,23)(H,21,25). The topological polar surface area (TPSA) is 84.0 Å². The Hall–Kier alpha value is -3.15. The number of aromatic nitrogens is 2. The summed E-state index contributed by atoms with van der Waals surface area (Å²) in [7, 11) is 0. The molecular formula is C19H19N3O3. The van der Waals surface area contributed by atoms with Crippen molar-refractivity contribution in [2.24, 2.45) is 0 Å². The van der Waals surface area contributed by atoms with Crippen LogP contribution < -0.4 is 16.6 Å². The lowest BCUT2D eigenvalue weighted by Crippen LogP contribution is -2.35. The van der Waals surface area contributed by atoms with Crippen molar-refractivity contribution >= 4 is 22.5 Å². The lowest BCUT2D eigenvalue weighted by Gasteiger charge is -2.08. The molecule has 0 aliphatic carbocycles. The normalized spacial score (nSPS) is 10.8. The molecule has 3 rings (SSSR count). The van der Waals surface area contributed by atoms with E-state index in [1.54, 1.807) is 18.2 Å². The van der Waals surface area contributed by atoms with Gasteiger partial charge in [0.15, 0.2) is 0 Å². The molecule has 0 unspecified atom stereocenters. The fraction of sp³-hybridized carbons (Fsp3) is 0.211. The van der Waals surface area contributed by atoms with Gasteiger partial charge in [0, 0.05) is 19.2 Å². The molecule has 0 atom stereocenters. The molecule has 0 saturated carbocycles. The number of benzene rings is 2. The average molecular weight is 337 g/mol. The van der Waals surface area contributed by atoms with Crippen LogP contribution in [-0.4, -0.2) is 15.5 Å². The highest BCUT2D eigenvalue weighted by atomic mass is 16.2. The molecule has 0 radical (unpaired) electrons. The third kappa shape index (κ3) is 3.85. The van der Waals surface area contributed by atoms with Gasteiger partial charge in [-0.1, -0.05) is 30.3 Å². The van der Waals surface area contributed by atoms with Gasteiger partial charge < -0.3 is 10.3 Å². The second-order valence-corrected chi connectivity index (χ2v) is 5.92. The van der Waals surface area contributed by atoms with Crippen LogP contribution in [0.2, 0.25) is 0 Å². The Bertz CT molecular complexity index is 1020. The van der Waals surface area contributed by atoms with Gasteiger partial charge in [-0.15, -0.1) is 0 Å². The zero-order chi connectivity index (χ0) is 17.8. The Kier molecular flexibility index (Phi) is 4.79. The summed E-state index contributed by atoms with van der Waals surface area (Å²) in [5.41, 5.74) is 1.39. The van der Waals surface area contributed by atoms with E-state index in [0.717, 1.165) is 6.42 Å². The second-order valence-electron chi connectivity index (χ2n) is 5.92. The third-order valence-corrected chi connectivity index (χ3v) is 3.99. The van der Waals surface area contributed by atoms with Crippen LogP contribution in [0.4, 0.5) is 5.69 Å². The number of hydrogen-bond donors (Lipinski definition) is 2. The summed E-state index contributed by atoms with van der Waals surface area (Å²) in [5, 5.41) is 3.02. The van der Waals surface area contributed by atoms with Gasteiger partial charge in [-0.05, 0) is 36.6 Å². The lowest BCUT2D eigenvalue weighted by atomic mass is 10.1. The van der Waals surface area contributed by atoms with E-state index in [1.807, 2.05) is 30.3 Å². The molecule has 25 heavy (non-hydrogen) atoms. The zero-order valence-corrected chi connectivity index (χ0v) is 13.9. The maximum Gasteiger partial charge on any atom is 0.328 e. The minimum atomic E-state index is -0.419. The van der Waals surface area contributed by atoms with Crippen molar-refractivity contribution in [3.8, 4) is 0 Å². The fourth-order valence-electron chi connectivity index (χ4n) is 2.82. The van der Waals surface area contributed by atoms with Crippen molar-refractivity contribution in [3.05, 3.63) is 74.9 Å². The second kappa shape index (κ2) is 7.17. The molecule has 2 N–H and O–H groups in total. The van der Waals surface area contributed by atoms with Gasteiger partial charge in [0.05, 0.1) is 10.9 Å². The summed E-state index contributed by atoms with van der Waals surface area (Å²) >= 11 is 0. The third-order valence-electron chi connectivity index (χ3n) is 3.99.